The van der Waals surface area contributed by atoms with Gasteiger partial charge in [0, 0.05) is 0 Å². The molecule has 0 fully saturated rings. The van der Waals surface area contributed by atoms with Gasteiger partial charge in [0.25, 0.3) is 0 Å². The second-order valence-corrected chi connectivity index (χ2v) is 3.10. The number of hydrogen-bond donors (Lipinski definition) is 0. The summed E-state index contributed by atoms with van der Waals surface area (Å²) in [7, 11) is 0. The summed E-state index contributed by atoms with van der Waals surface area (Å²) < 4.78 is 0. The highest BCUT2D eigenvalue weighted by atomic mass is 13.9. The largest absolute Gasteiger partial charge is 0.0845 e. The second-order valence-electron chi connectivity index (χ2n) is 3.10. The van der Waals surface area contributed by atoms with Gasteiger partial charge in [0.1, 0.15) is 0 Å². The molecule has 73 valence electrons. The zero-order valence-electron chi connectivity index (χ0n) is 8.47. The average molecular weight is 185 g/mol. The maximum Gasteiger partial charge on any atom is -0.0163 e. The first kappa shape index (κ1) is 10.8. The van der Waals surface area contributed by atoms with Gasteiger partial charge in [-0.3, -0.25) is 0 Å². The summed E-state index contributed by atoms with van der Waals surface area (Å²) in [6.07, 6.45) is 26.5. The van der Waals surface area contributed by atoms with Crippen molar-refractivity contribution < 1.29 is 0 Å². The summed E-state index contributed by atoms with van der Waals surface area (Å²) in [6, 6.07) is 0. The summed E-state index contributed by atoms with van der Waals surface area (Å²) >= 11 is 0. The molecule has 0 saturated heterocycles. The molecule has 0 heterocycles. The Morgan fingerprint density at radius 2 is 1.14 bits per heavy atom. The predicted octanol–water partition coefficient (Wildman–Crippen LogP) is 4.16. The van der Waals surface area contributed by atoms with Gasteiger partial charge in [-0.25, -0.2) is 0 Å². The molecule has 0 aromatic rings. The van der Waals surface area contributed by atoms with Gasteiger partial charge >= 0.3 is 0 Å². The van der Waals surface area contributed by atoms with E-state index in [1.807, 2.05) is 0 Å². The quantitative estimate of drug-likeness (QED) is 0.531. The van der Waals surface area contributed by atoms with E-state index in [4.69, 9.17) is 0 Å². The van der Waals surface area contributed by atoms with Crippen LogP contribution in [0.5, 0.6) is 0 Å². The van der Waals surface area contributed by atoms with Crippen LogP contribution in [0.15, 0.2) is 60.8 Å². The Labute approximate surface area is 87.0 Å². The van der Waals surface area contributed by atoms with Crippen molar-refractivity contribution >= 4 is 0 Å². The van der Waals surface area contributed by atoms with E-state index < -0.39 is 0 Å². The maximum atomic E-state index is 2.19. The molecule has 0 aromatic carbocycles. The fourth-order valence-corrected chi connectivity index (χ4v) is 1.13. The van der Waals surface area contributed by atoms with Gasteiger partial charge in [-0.1, -0.05) is 60.8 Å². The number of allylic oxidation sites excluding steroid dienone is 10. The zero-order valence-corrected chi connectivity index (χ0v) is 8.47. The van der Waals surface area contributed by atoms with E-state index in [0.717, 1.165) is 19.3 Å². The Bertz CT molecular complexity index is 262. The van der Waals surface area contributed by atoms with Crippen LogP contribution < -0.4 is 0 Å². The Balaban J connectivity index is 2.45. The second kappa shape index (κ2) is 8.31. The summed E-state index contributed by atoms with van der Waals surface area (Å²) in [4.78, 5) is 0. The number of rotatable bonds is 0. The van der Waals surface area contributed by atoms with Crippen molar-refractivity contribution in [3.05, 3.63) is 67.2 Å². The molecule has 1 aliphatic carbocycles. The molecule has 0 N–H and O–H groups in total. The molecule has 0 bridgehead atoms. The van der Waals surface area contributed by atoms with E-state index >= 15 is 0 Å². The van der Waals surface area contributed by atoms with E-state index in [2.05, 4.69) is 67.2 Å². The van der Waals surface area contributed by atoms with Crippen molar-refractivity contribution in [3.8, 4) is 0 Å². The van der Waals surface area contributed by atoms with E-state index in [1.165, 1.54) is 0 Å². The van der Waals surface area contributed by atoms with Gasteiger partial charge < -0.3 is 0 Å². The summed E-state index contributed by atoms with van der Waals surface area (Å²) in [5.74, 6) is 0. The van der Waals surface area contributed by atoms with Gasteiger partial charge in [0.05, 0.1) is 0 Å². The Morgan fingerprint density at radius 1 is 0.500 bits per heavy atom. The molecule has 1 rings (SSSR count). The normalized spacial score (nSPS) is 29.7. The van der Waals surface area contributed by atoms with Crippen LogP contribution in [0.25, 0.3) is 0 Å². The lowest BCUT2D eigenvalue weighted by atomic mass is 10.2. The minimum atomic E-state index is 0.998. The topological polar surface area (TPSA) is 0 Å². The van der Waals surface area contributed by atoms with Crippen molar-refractivity contribution in [1.29, 1.82) is 0 Å². The molecule has 1 aliphatic rings. The van der Waals surface area contributed by atoms with E-state index in [9.17, 15) is 0 Å². The molecule has 0 aliphatic heterocycles. The highest BCUT2D eigenvalue weighted by Crippen LogP contribution is 1.98. The predicted molar refractivity (Wildman–Crippen MR) is 63.9 cm³/mol. The van der Waals surface area contributed by atoms with E-state index in [1.54, 1.807) is 0 Å². The lowest BCUT2D eigenvalue weighted by Crippen LogP contribution is -1.70. The van der Waals surface area contributed by atoms with Crippen molar-refractivity contribution in [1.82, 2.24) is 0 Å². The van der Waals surface area contributed by atoms with Crippen LogP contribution >= 0.6 is 0 Å². The molecule has 0 nitrogen and oxygen atoms in total. The Hall–Kier alpha value is -1.30. The third-order valence-electron chi connectivity index (χ3n) is 1.87. The molecule has 14 heavy (non-hydrogen) atoms. The third kappa shape index (κ3) is 6.24. The molecule has 0 unspecified atom stereocenters. The van der Waals surface area contributed by atoms with Crippen LogP contribution in [0, 0.1) is 6.42 Å². The fraction of sp³-hybridized carbons (Fsp3) is 0.214. The van der Waals surface area contributed by atoms with Gasteiger partial charge in [-0.15, -0.1) is 0 Å². The smallest absolute Gasteiger partial charge is 0.0163 e. The standard InChI is InChI=1S/C14H17/c1-2-4-6-8-10-12-14-13-11-9-7-5-3-1/h1-6,9,11-14H,7-8,10H2/b2-1+,5-3-,6-4-,11-9-,14-13+. The Kier molecular flexibility index (Phi) is 6.39. The van der Waals surface area contributed by atoms with Crippen LogP contribution in [-0.4, -0.2) is 0 Å². The van der Waals surface area contributed by atoms with Crippen molar-refractivity contribution in [2.45, 2.75) is 19.3 Å². The monoisotopic (exact) mass is 185 g/mol. The first-order valence-electron chi connectivity index (χ1n) is 5.13. The lowest BCUT2D eigenvalue weighted by Gasteiger charge is -1.88. The van der Waals surface area contributed by atoms with Crippen LogP contribution in [0.1, 0.15) is 19.3 Å². The highest BCUT2D eigenvalue weighted by molar-refractivity contribution is 5.14. The highest BCUT2D eigenvalue weighted by Gasteiger charge is 1.79. The number of hydrogen-bond acceptors (Lipinski definition) is 0. The third-order valence-corrected chi connectivity index (χ3v) is 1.87. The zero-order chi connectivity index (χ0) is 9.90. The molecular formula is C14H17. The molecule has 0 atom stereocenters. The molecule has 0 aromatic heterocycles. The first-order valence-corrected chi connectivity index (χ1v) is 5.13. The van der Waals surface area contributed by atoms with Gasteiger partial charge in [0.2, 0.25) is 0 Å². The van der Waals surface area contributed by atoms with Gasteiger partial charge in [0.15, 0.2) is 0 Å². The summed E-state index contributed by atoms with van der Waals surface area (Å²) in [5.41, 5.74) is 0. The van der Waals surface area contributed by atoms with Crippen molar-refractivity contribution in [2.24, 2.45) is 0 Å². The first-order chi connectivity index (χ1) is 7.00. The minimum Gasteiger partial charge on any atom is -0.0845 e. The van der Waals surface area contributed by atoms with Crippen molar-refractivity contribution in [3.63, 3.8) is 0 Å². The SMILES string of the molecule is [CH]1/C=C/C=C\C\C=C/C=C/C=C\CC1. The summed E-state index contributed by atoms with van der Waals surface area (Å²) in [6.45, 7) is 0. The van der Waals surface area contributed by atoms with Gasteiger partial charge in [-0.05, 0) is 25.7 Å². The fourth-order valence-electron chi connectivity index (χ4n) is 1.13. The summed E-state index contributed by atoms with van der Waals surface area (Å²) in [5, 5.41) is 0. The van der Waals surface area contributed by atoms with Crippen LogP contribution in [0.4, 0.5) is 0 Å². The van der Waals surface area contributed by atoms with Crippen LogP contribution in [0.2, 0.25) is 0 Å². The van der Waals surface area contributed by atoms with Crippen LogP contribution in [0.3, 0.4) is 0 Å². The molecular weight excluding hydrogens is 168 g/mol. The minimum absolute atomic E-state index is 0.998. The Morgan fingerprint density at radius 3 is 1.93 bits per heavy atom. The van der Waals surface area contributed by atoms with E-state index in [-0.39, 0.29) is 0 Å². The maximum absolute atomic E-state index is 2.19. The molecule has 1 radical (unpaired) electrons. The molecule has 0 spiro atoms. The molecule has 0 amide bonds. The lowest BCUT2D eigenvalue weighted by molar-refractivity contribution is 1.00. The molecule has 0 saturated carbocycles. The van der Waals surface area contributed by atoms with Crippen LogP contribution in [-0.2, 0) is 0 Å². The van der Waals surface area contributed by atoms with Gasteiger partial charge in [-0.2, -0.15) is 0 Å². The molecule has 0 heteroatoms. The van der Waals surface area contributed by atoms with E-state index in [0.29, 0.717) is 0 Å². The average Bonchev–Trinajstić information content (AvgIpc) is 2.22. The van der Waals surface area contributed by atoms with Crippen molar-refractivity contribution in [2.75, 3.05) is 0 Å².